The normalized spacial score (nSPS) is 14.4. The molecule has 2 heterocycles. The largest absolute Gasteiger partial charge is 0.490 e. The number of pyridine rings is 1. The predicted molar refractivity (Wildman–Crippen MR) is 137 cm³/mol. The molecule has 0 spiro atoms. The first-order chi connectivity index (χ1) is 17.2. The lowest BCUT2D eigenvalue weighted by Crippen LogP contribution is -2.27. The van der Waals surface area contributed by atoms with Crippen LogP contribution in [0, 0.1) is 10.1 Å². The molecule has 3 aromatic rings. The van der Waals surface area contributed by atoms with Gasteiger partial charge in [-0.1, -0.05) is 35.3 Å². The SMILES string of the molecule is CCOc1cc(/C=C2\SC(=O)N(Cc3ccc(Cl)cc3Cl)C2=O)ccc1Oc1ccc([N+](=O)[O-])cn1. The zero-order valence-corrected chi connectivity index (χ0v) is 21.0. The molecule has 0 radical (unpaired) electrons. The van der Waals surface area contributed by atoms with Crippen LogP contribution in [0.2, 0.25) is 10.0 Å². The molecule has 0 bridgehead atoms. The molecule has 1 fully saturated rings. The van der Waals surface area contributed by atoms with Crippen molar-refractivity contribution in [1.82, 2.24) is 9.88 Å². The number of ether oxygens (including phenoxy) is 2. The summed E-state index contributed by atoms with van der Waals surface area (Å²) in [5.41, 5.74) is 1.05. The van der Waals surface area contributed by atoms with Crippen molar-refractivity contribution < 1.29 is 24.0 Å². The lowest BCUT2D eigenvalue weighted by Gasteiger charge is -2.14. The molecule has 4 rings (SSSR count). The lowest BCUT2D eigenvalue weighted by molar-refractivity contribution is -0.385. The second-order valence-electron chi connectivity index (χ2n) is 7.36. The predicted octanol–water partition coefficient (Wildman–Crippen LogP) is 6.72. The highest BCUT2D eigenvalue weighted by Crippen LogP contribution is 2.37. The van der Waals surface area contributed by atoms with Gasteiger partial charge in [-0.3, -0.25) is 24.6 Å². The van der Waals surface area contributed by atoms with Gasteiger partial charge in [0.05, 0.1) is 23.0 Å². The molecular weight excluding hydrogens is 529 g/mol. The summed E-state index contributed by atoms with van der Waals surface area (Å²) in [6.45, 7) is 2.16. The molecule has 0 atom stereocenters. The van der Waals surface area contributed by atoms with Crippen LogP contribution < -0.4 is 9.47 Å². The molecule has 0 N–H and O–H groups in total. The van der Waals surface area contributed by atoms with Gasteiger partial charge < -0.3 is 9.47 Å². The van der Waals surface area contributed by atoms with Crippen molar-refractivity contribution in [2.45, 2.75) is 13.5 Å². The third-order valence-corrected chi connectivity index (χ3v) is 6.42. The third-order valence-electron chi connectivity index (χ3n) is 4.93. The van der Waals surface area contributed by atoms with E-state index >= 15 is 0 Å². The summed E-state index contributed by atoms with van der Waals surface area (Å²) in [6.07, 6.45) is 2.68. The first-order valence-electron chi connectivity index (χ1n) is 10.5. The van der Waals surface area contributed by atoms with Crippen molar-refractivity contribution in [2.75, 3.05) is 6.61 Å². The van der Waals surface area contributed by atoms with Gasteiger partial charge in [0, 0.05) is 22.2 Å². The van der Waals surface area contributed by atoms with E-state index in [1.165, 1.54) is 12.1 Å². The first kappa shape index (κ1) is 25.5. The second kappa shape index (κ2) is 11.0. The molecule has 1 aliphatic rings. The minimum Gasteiger partial charge on any atom is -0.490 e. The molecular formula is C24H17Cl2N3O6S. The molecule has 0 unspecified atom stereocenters. The minimum atomic E-state index is -0.553. The Balaban J connectivity index is 1.54. The van der Waals surface area contributed by atoms with Gasteiger partial charge >= 0.3 is 0 Å². The Labute approximate surface area is 219 Å². The number of nitrogens with zero attached hydrogens (tertiary/aromatic N) is 3. The maximum atomic E-state index is 12.9. The zero-order valence-electron chi connectivity index (χ0n) is 18.6. The van der Waals surface area contributed by atoms with Crippen molar-refractivity contribution in [1.29, 1.82) is 0 Å². The fourth-order valence-electron chi connectivity index (χ4n) is 3.23. The fraction of sp³-hybridized carbons (Fsp3) is 0.125. The van der Waals surface area contributed by atoms with Crippen LogP contribution in [0.25, 0.3) is 6.08 Å². The van der Waals surface area contributed by atoms with Crippen molar-refractivity contribution in [3.8, 4) is 17.4 Å². The van der Waals surface area contributed by atoms with E-state index in [1.807, 2.05) is 0 Å². The van der Waals surface area contributed by atoms with Crippen LogP contribution >= 0.6 is 35.0 Å². The van der Waals surface area contributed by atoms with Crippen LogP contribution in [0.15, 0.2) is 59.6 Å². The van der Waals surface area contributed by atoms with E-state index in [2.05, 4.69) is 4.98 Å². The molecule has 9 nitrogen and oxygen atoms in total. The monoisotopic (exact) mass is 545 g/mol. The topological polar surface area (TPSA) is 112 Å². The number of rotatable bonds is 8. The summed E-state index contributed by atoms with van der Waals surface area (Å²) in [4.78, 5) is 41.0. The summed E-state index contributed by atoms with van der Waals surface area (Å²) in [7, 11) is 0. The number of thioether (sulfide) groups is 1. The number of benzene rings is 2. The summed E-state index contributed by atoms with van der Waals surface area (Å²) >= 11 is 12.9. The average molecular weight is 546 g/mol. The van der Waals surface area contributed by atoms with E-state index in [9.17, 15) is 19.7 Å². The van der Waals surface area contributed by atoms with Gasteiger partial charge in [-0.25, -0.2) is 4.98 Å². The van der Waals surface area contributed by atoms with E-state index in [4.69, 9.17) is 32.7 Å². The summed E-state index contributed by atoms with van der Waals surface area (Å²) < 4.78 is 11.4. The van der Waals surface area contributed by atoms with Crippen LogP contribution in [-0.4, -0.2) is 32.6 Å². The number of nitro groups is 1. The molecule has 36 heavy (non-hydrogen) atoms. The quantitative estimate of drug-likeness (QED) is 0.174. The van der Waals surface area contributed by atoms with Crippen LogP contribution in [0.4, 0.5) is 10.5 Å². The van der Waals surface area contributed by atoms with Gasteiger partial charge in [-0.05, 0) is 60.2 Å². The second-order valence-corrected chi connectivity index (χ2v) is 9.19. The number of carbonyl (C=O) groups is 2. The number of imide groups is 1. The van der Waals surface area contributed by atoms with Crippen LogP contribution in [-0.2, 0) is 11.3 Å². The summed E-state index contributed by atoms with van der Waals surface area (Å²) in [5, 5.41) is 11.2. The van der Waals surface area contributed by atoms with Gasteiger partial charge in [0.1, 0.15) is 6.20 Å². The molecule has 12 heteroatoms. The Bertz CT molecular complexity index is 1380. The molecule has 1 saturated heterocycles. The highest BCUT2D eigenvalue weighted by molar-refractivity contribution is 8.18. The maximum absolute atomic E-state index is 12.9. The van der Waals surface area contributed by atoms with Crippen molar-refractivity contribution in [3.63, 3.8) is 0 Å². The summed E-state index contributed by atoms with van der Waals surface area (Å²) in [5.74, 6) is 0.417. The standard InChI is InChI=1S/C24H17Cl2N3O6S/c1-2-34-20-9-14(3-7-19(20)35-22-8-6-17(12-27-22)29(32)33)10-21-23(30)28(24(31)36-21)13-15-4-5-16(25)11-18(15)26/h3-12H,2,13H2,1H3/b21-10-. The minimum absolute atomic E-state index is 0.0250. The van der Waals surface area contributed by atoms with Crippen LogP contribution in [0.3, 0.4) is 0 Å². The number of halogens is 2. The third kappa shape index (κ3) is 5.78. The van der Waals surface area contributed by atoms with E-state index < -0.39 is 16.1 Å². The molecule has 1 aromatic heterocycles. The summed E-state index contributed by atoms with van der Waals surface area (Å²) in [6, 6.07) is 12.5. The molecule has 1 aliphatic heterocycles. The van der Waals surface area contributed by atoms with Crippen LogP contribution in [0.1, 0.15) is 18.1 Å². The van der Waals surface area contributed by atoms with Gasteiger partial charge in [-0.2, -0.15) is 0 Å². The average Bonchev–Trinajstić information content (AvgIpc) is 3.10. The molecule has 2 aromatic carbocycles. The van der Waals surface area contributed by atoms with Crippen molar-refractivity contribution >= 4 is 57.9 Å². The number of hydrogen-bond acceptors (Lipinski definition) is 8. The van der Waals surface area contributed by atoms with Gasteiger partial charge in [0.2, 0.25) is 5.88 Å². The molecule has 184 valence electrons. The lowest BCUT2D eigenvalue weighted by atomic mass is 10.1. The Kier molecular flexibility index (Phi) is 7.78. The van der Waals surface area contributed by atoms with E-state index in [0.717, 1.165) is 22.9 Å². The first-order valence-corrected chi connectivity index (χ1v) is 12.1. The van der Waals surface area contributed by atoms with Crippen molar-refractivity contribution in [2.24, 2.45) is 0 Å². The smallest absolute Gasteiger partial charge is 0.293 e. The zero-order chi connectivity index (χ0) is 25.8. The number of hydrogen-bond donors (Lipinski definition) is 0. The number of aromatic nitrogens is 1. The molecule has 0 saturated carbocycles. The van der Waals surface area contributed by atoms with Gasteiger partial charge in [0.15, 0.2) is 11.5 Å². The Morgan fingerprint density at radius 2 is 1.92 bits per heavy atom. The number of amides is 2. The van der Waals surface area contributed by atoms with Gasteiger partial charge in [-0.15, -0.1) is 0 Å². The van der Waals surface area contributed by atoms with E-state index in [0.29, 0.717) is 39.3 Å². The highest BCUT2D eigenvalue weighted by Gasteiger charge is 2.35. The molecule has 0 aliphatic carbocycles. The van der Waals surface area contributed by atoms with E-state index in [-0.39, 0.29) is 23.0 Å². The maximum Gasteiger partial charge on any atom is 0.293 e. The van der Waals surface area contributed by atoms with Crippen molar-refractivity contribution in [3.05, 3.63) is 90.9 Å². The van der Waals surface area contributed by atoms with Gasteiger partial charge in [0.25, 0.3) is 16.8 Å². The van der Waals surface area contributed by atoms with Crippen LogP contribution in [0.5, 0.6) is 17.4 Å². The Hall–Kier alpha value is -3.60. The Morgan fingerprint density at radius 1 is 1.11 bits per heavy atom. The molecule has 2 amide bonds. The van der Waals surface area contributed by atoms with E-state index in [1.54, 1.807) is 49.4 Å². The number of carbonyl (C=O) groups excluding carboxylic acids is 2. The highest BCUT2D eigenvalue weighted by atomic mass is 35.5. The Morgan fingerprint density at radius 3 is 2.58 bits per heavy atom. The fourth-order valence-corrected chi connectivity index (χ4v) is 4.54.